The van der Waals surface area contributed by atoms with Crippen molar-refractivity contribution in [2.45, 2.75) is 57.9 Å². The van der Waals surface area contributed by atoms with Gasteiger partial charge in [0, 0.05) is 31.4 Å². The van der Waals surface area contributed by atoms with Crippen molar-refractivity contribution in [1.29, 1.82) is 0 Å². The van der Waals surface area contributed by atoms with E-state index >= 15 is 0 Å². The van der Waals surface area contributed by atoms with Gasteiger partial charge in [0.15, 0.2) is 0 Å². The lowest BCUT2D eigenvalue weighted by molar-refractivity contribution is 0.0456. The molecule has 1 aromatic heterocycles. The Morgan fingerprint density at radius 1 is 1.30 bits per heavy atom. The van der Waals surface area contributed by atoms with Crippen molar-refractivity contribution in [3.63, 3.8) is 0 Å². The molecule has 1 N–H and O–H groups in total. The van der Waals surface area contributed by atoms with Gasteiger partial charge in [-0.3, -0.25) is 4.68 Å². The van der Waals surface area contributed by atoms with Crippen LogP contribution in [0.4, 0.5) is 0 Å². The average molecular weight is 313 g/mol. The molecule has 0 aliphatic heterocycles. The summed E-state index contributed by atoms with van der Waals surface area (Å²) in [5.74, 6) is 0. The van der Waals surface area contributed by atoms with E-state index in [1.54, 1.807) is 0 Å². The molecule has 4 nitrogen and oxygen atoms in total. The Balaban J connectivity index is 1.50. The minimum absolute atomic E-state index is 0.294. The number of nitrogens with one attached hydrogen (secondary N) is 1. The highest BCUT2D eigenvalue weighted by Crippen LogP contribution is 2.22. The van der Waals surface area contributed by atoms with Gasteiger partial charge in [-0.1, -0.05) is 37.1 Å². The normalized spacial score (nSPS) is 16.8. The topological polar surface area (TPSA) is 39.1 Å². The standard InChI is InChI=1S/C19H27N3O/c1-15(18-12-21-22(2)13-18)20-11-16-6-5-7-17(10-16)14-23-19-8-3-4-9-19/h5-7,10,12-13,15,19-20H,3-4,8-9,11,14H2,1-2H3/t15-/m1/s1. The third-order valence-electron chi connectivity index (χ3n) is 4.62. The first-order valence-corrected chi connectivity index (χ1v) is 8.62. The summed E-state index contributed by atoms with van der Waals surface area (Å²) in [6.45, 7) is 3.76. The highest BCUT2D eigenvalue weighted by atomic mass is 16.5. The van der Waals surface area contributed by atoms with Gasteiger partial charge in [0.1, 0.15) is 0 Å². The Labute approximate surface area is 138 Å². The van der Waals surface area contributed by atoms with Crippen LogP contribution in [0.5, 0.6) is 0 Å². The fraction of sp³-hybridized carbons (Fsp3) is 0.526. The Hall–Kier alpha value is -1.65. The van der Waals surface area contributed by atoms with E-state index in [2.05, 4.69) is 47.8 Å². The van der Waals surface area contributed by atoms with Crippen molar-refractivity contribution >= 4 is 0 Å². The molecule has 1 atom stereocenters. The van der Waals surface area contributed by atoms with Crippen LogP contribution in [0.2, 0.25) is 0 Å². The van der Waals surface area contributed by atoms with E-state index in [0.717, 1.165) is 13.2 Å². The Morgan fingerprint density at radius 2 is 2.09 bits per heavy atom. The van der Waals surface area contributed by atoms with Crippen molar-refractivity contribution in [1.82, 2.24) is 15.1 Å². The molecule has 0 unspecified atom stereocenters. The molecule has 1 aliphatic rings. The molecule has 0 saturated heterocycles. The third kappa shape index (κ3) is 4.66. The molecule has 1 aromatic carbocycles. The average Bonchev–Trinajstić information content (AvgIpc) is 3.22. The highest BCUT2D eigenvalue weighted by molar-refractivity contribution is 5.23. The number of benzene rings is 1. The molecule has 1 saturated carbocycles. The third-order valence-corrected chi connectivity index (χ3v) is 4.62. The zero-order valence-electron chi connectivity index (χ0n) is 14.2. The van der Waals surface area contributed by atoms with Gasteiger partial charge in [-0.05, 0) is 30.9 Å². The van der Waals surface area contributed by atoms with E-state index < -0.39 is 0 Å². The first-order valence-electron chi connectivity index (χ1n) is 8.62. The summed E-state index contributed by atoms with van der Waals surface area (Å²) >= 11 is 0. The smallest absolute Gasteiger partial charge is 0.0720 e. The Morgan fingerprint density at radius 3 is 2.83 bits per heavy atom. The van der Waals surface area contributed by atoms with Crippen LogP contribution in [-0.2, 0) is 24.9 Å². The summed E-state index contributed by atoms with van der Waals surface area (Å²) in [5.41, 5.74) is 3.78. The second-order valence-corrected chi connectivity index (χ2v) is 6.59. The van der Waals surface area contributed by atoms with Gasteiger partial charge >= 0.3 is 0 Å². The Bertz CT molecular complexity index is 617. The SMILES string of the molecule is C[C@@H](NCc1cccc(COC2CCCC2)c1)c1cnn(C)c1. The fourth-order valence-corrected chi connectivity index (χ4v) is 3.15. The van der Waals surface area contributed by atoms with Gasteiger partial charge in [-0.25, -0.2) is 0 Å². The lowest BCUT2D eigenvalue weighted by atomic mass is 10.1. The number of aryl methyl sites for hydroxylation is 1. The van der Waals surface area contributed by atoms with Gasteiger partial charge in [0.2, 0.25) is 0 Å². The van der Waals surface area contributed by atoms with E-state index in [0.29, 0.717) is 12.1 Å². The number of rotatable bonds is 7. The maximum Gasteiger partial charge on any atom is 0.0720 e. The summed E-state index contributed by atoms with van der Waals surface area (Å²) in [6, 6.07) is 8.99. The number of hydrogen-bond acceptors (Lipinski definition) is 3. The summed E-state index contributed by atoms with van der Waals surface area (Å²) < 4.78 is 7.85. The molecule has 2 aromatic rings. The molecular weight excluding hydrogens is 286 g/mol. The molecular formula is C19H27N3O. The molecule has 0 bridgehead atoms. The molecule has 3 rings (SSSR count). The van der Waals surface area contributed by atoms with E-state index in [9.17, 15) is 0 Å². The summed E-state index contributed by atoms with van der Waals surface area (Å²) in [6.07, 6.45) is 9.55. The molecule has 23 heavy (non-hydrogen) atoms. The summed E-state index contributed by atoms with van der Waals surface area (Å²) in [5, 5.41) is 7.79. The number of aromatic nitrogens is 2. The van der Waals surface area contributed by atoms with Gasteiger partial charge in [-0.15, -0.1) is 0 Å². The zero-order chi connectivity index (χ0) is 16.1. The number of hydrogen-bond donors (Lipinski definition) is 1. The lowest BCUT2D eigenvalue weighted by Gasteiger charge is -2.14. The zero-order valence-corrected chi connectivity index (χ0v) is 14.2. The fourth-order valence-electron chi connectivity index (χ4n) is 3.15. The van der Waals surface area contributed by atoms with Crippen LogP contribution in [0.15, 0.2) is 36.7 Å². The van der Waals surface area contributed by atoms with Crippen molar-refractivity contribution in [3.8, 4) is 0 Å². The van der Waals surface area contributed by atoms with E-state index in [4.69, 9.17) is 4.74 Å². The molecule has 1 heterocycles. The first-order chi connectivity index (χ1) is 11.2. The van der Waals surface area contributed by atoms with Crippen molar-refractivity contribution in [2.24, 2.45) is 7.05 Å². The Kier molecular flexibility index (Phi) is 5.47. The minimum atomic E-state index is 0.294. The van der Waals surface area contributed by atoms with Crippen LogP contribution in [0, 0.1) is 0 Å². The quantitative estimate of drug-likeness (QED) is 0.846. The first kappa shape index (κ1) is 16.2. The number of ether oxygens (including phenoxy) is 1. The minimum Gasteiger partial charge on any atom is -0.374 e. The van der Waals surface area contributed by atoms with Crippen LogP contribution < -0.4 is 5.32 Å². The molecule has 1 aliphatic carbocycles. The van der Waals surface area contributed by atoms with Crippen LogP contribution >= 0.6 is 0 Å². The van der Waals surface area contributed by atoms with Gasteiger partial charge in [0.25, 0.3) is 0 Å². The number of nitrogens with zero attached hydrogens (tertiary/aromatic N) is 2. The lowest BCUT2D eigenvalue weighted by Crippen LogP contribution is -2.17. The second-order valence-electron chi connectivity index (χ2n) is 6.59. The molecule has 0 amide bonds. The van der Waals surface area contributed by atoms with Crippen molar-refractivity contribution in [3.05, 3.63) is 53.3 Å². The summed E-state index contributed by atoms with van der Waals surface area (Å²) in [7, 11) is 1.95. The van der Waals surface area contributed by atoms with Crippen LogP contribution in [0.3, 0.4) is 0 Å². The predicted molar refractivity (Wildman–Crippen MR) is 91.9 cm³/mol. The predicted octanol–water partition coefficient (Wildman–Crippen LogP) is 3.73. The van der Waals surface area contributed by atoms with E-state index in [1.807, 2.05) is 17.9 Å². The van der Waals surface area contributed by atoms with Gasteiger partial charge in [0.05, 0.1) is 18.9 Å². The molecule has 124 valence electrons. The second kappa shape index (κ2) is 7.75. The van der Waals surface area contributed by atoms with Crippen molar-refractivity contribution < 1.29 is 4.74 Å². The molecule has 0 radical (unpaired) electrons. The van der Waals surface area contributed by atoms with Crippen LogP contribution in [0.25, 0.3) is 0 Å². The molecule has 4 heteroatoms. The van der Waals surface area contributed by atoms with E-state index in [1.165, 1.54) is 42.4 Å². The van der Waals surface area contributed by atoms with Gasteiger partial charge in [-0.2, -0.15) is 5.10 Å². The van der Waals surface area contributed by atoms with Crippen LogP contribution in [0.1, 0.15) is 55.3 Å². The molecule has 0 spiro atoms. The largest absolute Gasteiger partial charge is 0.374 e. The summed E-state index contributed by atoms with van der Waals surface area (Å²) in [4.78, 5) is 0. The monoisotopic (exact) mass is 313 g/mol. The maximum atomic E-state index is 6.01. The highest BCUT2D eigenvalue weighted by Gasteiger charge is 2.15. The van der Waals surface area contributed by atoms with Gasteiger partial charge < -0.3 is 10.1 Å². The van der Waals surface area contributed by atoms with E-state index in [-0.39, 0.29) is 0 Å². The molecule has 1 fully saturated rings. The van der Waals surface area contributed by atoms with Crippen molar-refractivity contribution in [2.75, 3.05) is 0 Å². The maximum absolute atomic E-state index is 6.01. The van der Waals surface area contributed by atoms with Crippen LogP contribution in [-0.4, -0.2) is 15.9 Å².